The van der Waals surface area contributed by atoms with Crippen molar-refractivity contribution < 1.29 is 10.2 Å². The van der Waals surface area contributed by atoms with Crippen LogP contribution in [-0.2, 0) is 0 Å². The van der Waals surface area contributed by atoms with Gasteiger partial charge in [-0.05, 0) is 32.1 Å². The zero-order chi connectivity index (χ0) is 9.97. The van der Waals surface area contributed by atoms with Crippen molar-refractivity contribution in [1.29, 1.82) is 0 Å². The van der Waals surface area contributed by atoms with Crippen molar-refractivity contribution in [2.24, 2.45) is 0 Å². The van der Waals surface area contributed by atoms with Gasteiger partial charge in [-0.2, -0.15) is 0 Å². The molecule has 0 saturated heterocycles. The van der Waals surface area contributed by atoms with Crippen LogP contribution in [0, 0.1) is 0 Å². The monoisotopic (exact) mass is 199 g/mol. The SMILES string of the molecule is OC1CCCCC1N[C@H]1CCC[C@@H]1O. The minimum Gasteiger partial charge on any atom is -0.392 e. The first-order valence-electron chi connectivity index (χ1n) is 5.89. The van der Waals surface area contributed by atoms with Gasteiger partial charge in [-0.1, -0.05) is 12.8 Å². The maximum atomic E-state index is 9.77. The molecule has 14 heavy (non-hydrogen) atoms. The van der Waals surface area contributed by atoms with Crippen LogP contribution in [0.4, 0.5) is 0 Å². The summed E-state index contributed by atoms with van der Waals surface area (Å²) in [7, 11) is 0. The van der Waals surface area contributed by atoms with Crippen LogP contribution < -0.4 is 5.32 Å². The summed E-state index contributed by atoms with van der Waals surface area (Å²) in [4.78, 5) is 0. The number of aliphatic hydroxyl groups is 2. The van der Waals surface area contributed by atoms with Crippen molar-refractivity contribution in [2.75, 3.05) is 0 Å². The van der Waals surface area contributed by atoms with Crippen molar-refractivity contribution in [2.45, 2.75) is 69.2 Å². The highest BCUT2D eigenvalue weighted by Gasteiger charge is 2.30. The Balaban J connectivity index is 1.83. The zero-order valence-corrected chi connectivity index (χ0v) is 8.65. The zero-order valence-electron chi connectivity index (χ0n) is 8.65. The lowest BCUT2D eigenvalue weighted by molar-refractivity contribution is 0.0678. The molecular formula is C11H21NO2. The third kappa shape index (κ3) is 2.27. The summed E-state index contributed by atoms with van der Waals surface area (Å²) in [6, 6.07) is 0.453. The van der Waals surface area contributed by atoms with Crippen molar-refractivity contribution in [3.05, 3.63) is 0 Å². The van der Waals surface area contributed by atoms with Gasteiger partial charge in [-0.15, -0.1) is 0 Å². The first-order valence-corrected chi connectivity index (χ1v) is 5.89. The fourth-order valence-electron chi connectivity index (χ4n) is 2.72. The molecule has 2 aliphatic rings. The van der Waals surface area contributed by atoms with Crippen LogP contribution in [0.25, 0.3) is 0 Å². The van der Waals surface area contributed by atoms with E-state index in [9.17, 15) is 10.2 Å². The molecule has 82 valence electrons. The third-order valence-electron chi connectivity index (χ3n) is 3.64. The molecule has 2 unspecified atom stereocenters. The summed E-state index contributed by atoms with van der Waals surface area (Å²) in [5.41, 5.74) is 0. The molecule has 0 aromatic rings. The van der Waals surface area contributed by atoms with E-state index in [1.807, 2.05) is 0 Å². The van der Waals surface area contributed by atoms with E-state index in [0.717, 1.165) is 38.5 Å². The smallest absolute Gasteiger partial charge is 0.0693 e. The molecule has 2 saturated carbocycles. The average molecular weight is 199 g/mol. The minimum atomic E-state index is -0.198. The summed E-state index contributed by atoms with van der Waals surface area (Å²) >= 11 is 0. The molecule has 0 spiro atoms. The van der Waals surface area contributed by atoms with E-state index in [4.69, 9.17) is 0 Å². The molecule has 0 aromatic heterocycles. The summed E-state index contributed by atoms with van der Waals surface area (Å²) < 4.78 is 0. The summed E-state index contributed by atoms with van der Waals surface area (Å²) in [5, 5.41) is 22.9. The van der Waals surface area contributed by atoms with E-state index in [2.05, 4.69) is 5.32 Å². The van der Waals surface area contributed by atoms with E-state index in [1.165, 1.54) is 6.42 Å². The molecule has 2 aliphatic carbocycles. The maximum absolute atomic E-state index is 9.77. The molecule has 0 heterocycles. The van der Waals surface area contributed by atoms with E-state index in [0.29, 0.717) is 0 Å². The summed E-state index contributed by atoms with van der Waals surface area (Å²) in [6.45, 7) is 0. The first-order chi connectivity index (χ1) is 6.77. The van der Waals surface area contributed by atoms with Crippen molar-refractivity contribution >= 4 is 0 Å². The molecular weight excluding hydrogens is 178 g/mol. The van der Waals surface area contributed by atoms with Crippen LogP contribution in [0.15, 0.2) is 0 Å². The van der Waals surface area contributed by atoms with Crippen LogP contribution in [0.1, 0.15) is 44.9 Å². The second-order valence-corrected chi connectivity index (χ2v) is 4.73. The molecule has 0 radical (unpaired) electrons. The molecule has 0 amide bonds. The Bertz CT molecular complexity index is 186. The molecule has 4 atom stereocenters. The van der Waals surface area contributed by atoms with Gasteiger partial charge in [0.1, 0.15) is 0 Å². The lowest BCUT2D eigenvalue weighted by Crippen LogP contribution is -2.49. The molecule has 0 bridgehead atoms. The molecule has 2 rings (SSSR count). The molecule has 3 nitrogen and oxygen atoms in total. The van der Waals surface area contributed by atoms with E-state index in [1.54, 1.807) is 0 Å². The minimum absolute atomic E-state index is 0.191. The Morgan fingerprint density at radius 3 is 1.79 bits per heavy atom. The highest BCUT2D eigenvalue weighted by atomic mass is 16.3. The van der Waals surface area contributed by atoms with E-state index < -0.39 is 0 Å². The largest absolute Gasteiger partial charge is 0.392 e. The Hall–Kier alpha value is -0.120. The summed E-state index contributed by atoms with van der Waals surface area (Å²) in [5.74, 6) is 0. The van der Waals surface area contributed by atoms with Crippen molar-refractivity contribution in [3.8, 4) is 0 Å². The van der Waals surface area contributed by atoms with Crippen LogP contribution in [0.5, 0.6) is 0 Å². The predicted molar refractivity (Wildman–Crippen MR) is 55.0 cm³/mol. The molecule has 3 heteroatoms. The van der Waals surface area contributed by atoms with Crippen molar-refractivity contribution in [1.82, 2.24) is 5.32 Å². The molecule has 0 aromatic carbocycles. The van der Waals surface area contributed by atoms with Crippen LogP contribution >= 0.6 is 0 Å². The van der Waals surface area contributed by atoms with E-state index >= 15 is 0 Å². The lowest BCUT2D eigenvalue weighted by atomic mass is 9.92. The third-order valence-corrected chi connectivity index (χ3v) is 3.64. The highest BCUT2D eigenvalue weighted by molar-refractivity contribution is 4.89. The van der Waals surface area contributed by atoms with Gasteiger partial charge in [-0.25, -0.2) is 0 Å². The molecule has 3 N–H and O–H groups in total. The normalized spacial score (nSPS) is 44.1. The summed E-state index contributed by atoms with van der Waals surface area (Å²) in [6.07, 6.45) is 7.03. The second kappa shape index (κ2) is 4.60. The quantitative estimate of drug-likeness (QED) is 0.616. The number of hydrogen-bond acceptors (Lipinski definition) is 3. The van der Waals surface area contributed by atoms with Gasteiger partial charge in [0.15, 0.2) is 0 Å². The highest BCUT2D eigenvalue weighted by Crippen LogP contribution is 2.23. The Kier molecular flexibility index (Phi) is 3.42. The van der Waals surface area contributed by atoms with E-state index in [-0.39, 0.29) is 24.3 Å². The first kappa shape index (κ1) is 10.4. The van der Waals surface area contributed by atoms with Gasteiger partial charge in [0.05, 0.1) is 12.2 Å². The van der Waals surface area contributed by atoms with Gasteiger partial charge in [0.25, 0.3) is 0 Å². The van der Waals surface area contributed by atoms with Gasteiger partial charge in [0, 0.05) is 12.1 Å². The Morgan fingerprint density at radius 1 is 0.714 bits per heavy atom. The predicted octanol–water partition coefficient (Wildman–Crippen LogP) is 0.793. The number of aliphatic hydroxyl groups excluding tert-OH is 2. The van der Waals surface area contributed by atoms with Crippen LogP contribution in [0.2, 0.25) is 0 Å². The Morgan fingerprint density at radius 2 is 1.21 bits per heavy atom. The number of nitrogens with one attached hydrogen (secondary N) is 1. The molecule has 2 fully saturated rings. The average Bonchev–Trinajstić information content (AvgIpc) is 2.56. The van der Waals surface area contributed by atoms with Crippen molar-refractivity contribution in [3.63, 3.8) is 0 Å². The lowest BCUT2D eigenvalue weighted by Gasteiger charge is -2.32. The van der Waals surface area contributed by atoms with Gasteiger partial charge >= 0.3 is 0 Å². The fraction of sp³-hybridized carbons (Fsp3) is 1.00. The van der Waals surface area contributed by atoms with Gasteiger partial charge in [-0.3, -0.25) is 0 Å². The van der Waals surface area contributed by atoms with Crippen LogP contribution in [0.3, 0.4) is 0 Å². The number of rotatable bonds is 2. The maximum Gasteiger partial charge on any atom is 0.0693 e. The Labute approximate surface area is 85.5 Å². The van der Waals surface area contributed by atoms with Gasteiger partial charge in [0.2, 0.25) is 0 Å². The van der Waals surface area contributed by atoms with Crippen LogP contribution in [-0.4, -0.2) is 34.5 Å². The fourth-order valence-corrected chi connectivity index (χ4v) is 2.72. The van der Waals surface area contributed by atoms with Gasteiger partial charge < -0.3 is 15.5 Å². The standard InChI is InChI=1S/C11H21NO2/c13-10-6-2-1-4-8(10)12-9-5-3-7-11(9)14/h8-14H,1-7H2/t8?,9-,10?,11-/m0/s1. The topological polar surface area (TPSA) is 52.5 Å². The second-order valence-electron chi connectivity index (χ2n) is 4.73. The molecule has 0 aliphatic heterocycles. The number of hydrogen-bond donors (Lipinski definition) is 3.